The highest BCUT2D eigenvalue weighted by Gasteiger charge is 2.24. The molecule has 1 aliphatic heterocycles. The number of hydrogen-bond donors (Lipinski definition) is 1. The zero-order valence-corrected chi connectivity index (χ0v) is 9.75. The third-order valence-corrected chi connectivity index (χ3v) is 2.63. The maximum absolute atomic E-state index is 5.69. The van der Waals surface area contributed by atoms with Crippen molar-refractivity contribution in [3.05, 3.63) is 0 Å². The van der Waals surface area contributed by atoms with E-state index < -0.39 is 0 Å². The van der Waals surface area contributed by atoms with Crippen LogP contribution < -0.4 is 5.32 Å². The first-order valence-corrected chi connectivity index (χ1v) is 5.52. The van der Waals surface area contributed by atoms with E-state index in [2.05, 4.69) is 26.1 Å². The van der Waals surface area contributed by atoms with E-state index in [-0.39, 0.29) is 0 Å². The number of nitrogens with one attached hydrogen (secondary N) is 1. The third-order valence-electron chi connectivity index (χ3n) is 2.63. The van der Waals surface area contributed by atoms with Gasteiger partial charge in [0.05, 0.1) is 18.8 Å². The topological polar surface area (TPSA) is 30.5 Å². The van der Waals surface area contributed by atoms with Crippen LogP contribution in [0.1, 0.15) is 33.6 Å². The van der Waals surface area contributed by atoms with Crippen LogP contribution in [0.4, 0.5) is 0 Å². The van der Waals surface area contributed by atoms with Crippen LogP contribution in [0.25, 0.3) is 0 Å². The van der Waals surface area contributed by atoms with Crippen molar-refractivity contribution in [1.29, 1.82) is 0 Å². The largest absolute Gasteiger partial charge is 0.383 e. The molecule has 3 nitrogen and oxygen atoms in total. The van der Waals surface area contributed by atoms with E-state index >= 15 is 0 Å². The lowest BCUT2D eigenvalue weighted by atomic mass is 9.99. The first-order chi connectivity index (χ1) is 6.61. The summed E-state index contributed by atoms with van der Waals surface area (Å²) in [6.45, 7) is 7.23. The Hall–Kier alpha value is -0.120. The highest BCUT2D eigenvalue weighted by Crippen LogP contribution is 2.19. The molecule has 0 aromatic heterocycles. The van der Waals surface area contributed by atoms with Gasteiger partial charge in [-0.05, 0) is 33.6 Å². The highest BCUT2D eigenvalue weighted by molar-refractivity contribution is 4.80. The molecule has 1 aliphatic rings. The molecule has 1 fully saturated rings. The summed E-state index contributed by atoms with van der Waals surface area (Å²) in [5.74, 6) is 0. The van der Waals surface area contributed by atoms with E-state index in [9.17, 15) is 0 Å². The summed E-state index contributed by atoms with van der Waals surface area (Å²) in [4.78, 5) is 0. The Morgan fingerprint density at radius 3 is 2.43 bits per heavy atom. The lowest BCUT2D eigenvalue weighted by Gasteiger charge is -2.34. The molecule has 0 aromatic carbocycles. The first-order valence-electron chi connectivity index (χ1n) is 5.52. The molecule has 0 saturated carbocycles. The van der Waals surface area contributed by atoms with Crippen LogP contribution in [-0.2, 0) is 9.47 Å². The Morgan fingerprint density at radius 2 is 1.93 bits per heavy atom. The van der Waals surface area contributed by atoms with Crippen LogP contribution in [-0.4, -0.2) is 38.0 Å². The average Bonchev–Trinajstić information content (AvgIpc) is 2.01. The summed E-state index contributed by atoms with van der Waals surface area (Å²) in [6, 6.07) is 1.02. The van der Waals surface area contributed by atoms with Gasteiger partial charge >= 0.3 is 0 Å². The molecule has 0 unspecified atom stereocenters. The molecule has 3 heteroatoms. The van der Waals surface area contributed by atoms with Crippen LogP contribution >= 0.6 is 0 Å². The fourth-order valence-corrected chi connectivity index (χ4v) is 2.24. The summed E-state index contributed by atoms with van der Waals surface area (Å²) in [5.41, 5.74) is 0. The van der Waals surface area contributed by atoms with Gasteiger partial charge in [0.25, 0.3) is 0 Å². The van der Waals surface area contributed by atoms with Gasteiger partial charge in [-0.1, -0.05) is 0 Å². The van der Waals surface area contributed by atoms with Gasteiger partial charge < -0.3 is 14.8 Å². The molecule has 1 heterocycles. The predicted octanol–water partition coefficient (Wildman–Crippen LogP) is 1.57. The van der Waals surface area contributed by atoms with Crippen LogP contribution in [0.2, 0.25) is 0 Å². The zero-order chi connectivity index (χ0) is 10.6. The fraction of sp³-hybridized carbons (Fsp3) is 1.00. The molecule has 0 aliphatic carbocycles. The van der Waals surface area contributed by atoms with E-state index in [4.69, 9.17) is 9.47 Å². The molecule has 0 radical (unpaired) electrons. The second-order valence-corrected chi connectivity index (χ2v) is 4.45. The standard InChI is InChI=1S/C11H23NO2/c1-8(7-13-4)12-11-5-9(2)14-10(3)6-11/h8-12H,5-7H2,1-4H3/t8-,9+,10+/m0/s1. The van der Waals surface area contributed by atoms with Gasteiger partial charge in [0, 0.05) is 19.2 Å². The Kier molecular flexibility index (Phi) is 4.85. The second kappa shape index (κ2) is 5.69. The maximum atomic E-state index is 5.69. The van der Waals surface area contributed by atoms with Crippen molar-refractivity contribution < 1.29 is 9.47 Å². The fourth-order valence-electron chi connectivity index (χ4n) is 2.24. The molecule has 0 aromatic rings. The van der Waals surface area contributed by atoms with Gasteiger partial charge in [0.1, 0.15) is 0 Å². The Labute approximate surface area is 87.2 Å². The summed E-state index contributed by atoms with van der Waals surface area (Å²) >= 11 is 0. The lowest BCUT2D eigenvalue weighted by Crippen LogP contribution is -2.46. The van der Waals surface area contributed by atoms with Crippen LogP contribution in [0.5, 0.6) is 0 Å². The normalized spacial score (nSPS) is 35.6. The Bertz CT molecular complexity index is 153. The third kappa shape index (κ3) is 3.95. The quantitative estimate of drug-likeness (QED) is 0.749. The zero-order valence-electron chi connectivity index (χ0n) is 9.75. The summed E-state index contributed by atoms with van der Waals surface area (Å²) in [5, 5.41) is 3.58. The molecule has 1 saturated heterocycles. The van der Waals surface area contributed by atoms with E-state index in [0.717, 1.165) is 19.4 Å². The molecule has 3 atom stereocenters. The number of hydrogen-bond acceptors (Lipinski definition) is 3. The van der Waals surface area contributed by atoms with Crippen molar-refractivity contribution >= 4 is 0 Å². The SMILES string of the molecule is COC[C@H](C)NC1C[C@@H](C)O[C@H](C)C1. The highest BCUT2D eigenvalue weighted by atomic mass is 16.5. The van der Waals surface area contributed by atoms with Crippen LogP contribution in [0.15, 0.2) is 0 Å². The van der Waals surface area contributed by atoms with Crippen molar-refractivity contribution in [3.8, 4) is 0 Å². The van der Waals surface area contributed by atoms with Crippen molar-refractivity contribution in [2.24, 2.45) is 0 Å². The molecular weight excluding hydrogens is 178 g/mol. The predicted molar refractivity (Wildman–Crippen MR) is 57.5 cm³/mol. The van der Waals surface area contributed by atoms with Gasteiger partial charge in [-0.25, -0.2) is 0 Å². The number of ether oxygens (including phenoxy) is 2. The smallest absolute Gasteiger partial charge is 0.0613 e. The molecule has 1 rings (SSSR count). The molecule has 84 valence electrons. The van der Waals surface area contributed by atoms with Crippen molar-refractivity contribution in [2.45, 2.75) is 57.9 Å². The second-order valence-electron chi connectivity index (χ2n) is 4.45. The van der Waals surface area contributed by atoms with Crippen LogP contribution in [0, 0.1) is 0 Å². The van der Waals surface area contributed by atoms with Gasteiger partial charge in [-0.3, -0.25) is 0 Å². The molecule has 0 amide bonds. The molecule has 0 bridgehead atoms. The Morgan fingerprint density at radius 1 is 1.36 bits per heavy atom. The molecule has 14 heavy (non-hydrogen) atoms. The number of methoxy groups -OCH3 is 1. The molecular formula is C11H23NO2. The summed E-state index contributed by atoms with van der Waals surface area (Å²) in [6.07, 6.45) is 2.98. The van der Waals surface area contributed by atoms with Gasteiger partial charge in [-0.2, -0.15) is 0 Å². The van der Waals surface area contributed by atoms with Crippen molar-refractivity contribution in [1.82, 2.24) is 5.32 Å². The van der Waals surface area contributed by atoms with E-state index in [1.54, 1.807) is 7.11 Å². The van der Waals surface area contributed by atoms with Crippen molar-refractivity contribution in [2.75, 3.05) is 13.7 Å². The average molecular weight is 201 g/mol. The molecule has 0 spiro atoms. The van der Waals surface area contributed by atoms with Crippen molar-refractivity contribution in [3.63, 3.8) is 0 Å². The van der Waals surface area contributed by atoms with E-state index in [1.165, 1.54) is 0 Å². The lowest BCUT2D eigenvalue weighted by molar-refractivity contribution is -0.0443. The van der Waals surface area contributed by atoms with Gasteiger partial charge in [-0.15, -0.1) is 0 Å². The maximum Gasteiger partial charge on any atom is 0.0613 e. The molecule has 1 N–H and O–H groups in total. The van der Waals surface area contributed by atoms with E-state index in [1.807, 2.05) is 0 Å². The summed E-state index contributed by atoms with van der Waals surface area (Å²) in [7, 11) is 1.74. The monoisotopic (exact) mass is 201 g/mol. The minimum atomic E-state index is 0.381. The summed E-state index contributed by atoms with van der Waals surface area (Å²) < 4.78 is 10.8. The van der Waals surface area contributed by atoms with Crippen LogP contribution in [0.3, 0.4) is 0 Å². The van der Waals surface area contributed by atoms with E-state index in [0.29, 0.717) is 24.3 Å². The Balaban J connectivity index is 2.29. The van der Waals surface area contributed by atoms with Gasteiger partial charge in [0.2, 0.25) is 0 Å². The number of rotatable bonds is 4. The minimum absolute atomic E-state index is 0.381. The minimum Gasteiger partial charge on any atom is -0.383 e. The van der Waals surface area contributed by atoms with Gasteiger partial charge in [0.15, 0.2) is 0 Å². The first kappa shape index (κ1) is 12.0.